The predicted octanol–water partition coefficient (Wildman–Crippen LogP) is 2.00. The van der Waals surface area contributed by atoms with Gasteiger partial charge in [0.25, 0.3) is 5.09 Å². The van der Waals surface area contributed by atoms with Crippen molar-refractivity contribution in [1.29, 1.82) is 0 Å². The van der Waals surface area contributed by atoms with Gasteiger partial charge in [-0.25, -0.2) is 0 Å². The lowest BCUT2D eigenvalue weighted by molar-refractivity contribution is -0.757. The molecule has 0 aromatic heterocycles. The van der Waals surface area contributed by atoms with Crippen molar-refractivity contribution in [1.82, 2.24) is 0 Å². The van der Waals surface area contributed by atoms with E-state index in [1.165, 1.54) is 0 Å². The summed E-state index contributed by atoms with van der Waals surface area (Å²) in [7, 11) is 0. The molecule has 1 N–H and O–H groups in total. The van der Waals surface area contributed by atoms with Crippen LogP contribution in [0.3, 0.4) is 0 Å². The number of para-hydroxylation sites is 1. The van der Waals surface area contributed by atoms with Gasteiger partial charge in [0, 0.05) is 0 Å². The van der Waals surface area contributed by atoms with Gasteiger partial charge in [0.05, 0.1) is 6.61 Å². The van der Waals surface area contributed by atoms with E-state index in [2.05, 4.69) is 4.84 Å². The molecule has 0 unspecified atom stereocenters. The fraction of sp³-hybridized carbons (Fsp3) is 0.333. The first-order chi connectivity index (χ1) is 6.66. The number of phenolic OH excluding ortho intramolecular Hbond substituents is 1. The Morgan fingerprint density at radius 1 is 1.43 bits per heavy atom. The van der Waals surface area contributed by atoms with E-state index < -0.39 is 5.09 Å². The fourth-order valence-electron chi connectivity index (χ4n) is 0.594. The SMILES string of the molecule is CCCO[N+](=O)[O-].Oc1ccccc1. The minimum Gasteiger partial charge on any atom is -0.508 e. The average Bonchev–Trinajstić information content (AvgIpc) is 2.17. The Morgan fingerprint density at radius 3 is 2.21 bits per heavy atom. The van der Waals surface area contributed by atoms with Crippen molar-refractivity contribution >= 4 is 0 Å². The molecule has 1 aromatic rings. The number of phenols is 1. The first-order valence-corrected chi connectivity index (χ1v) is 4.18. The van der Waals surface area contributed by atoms with Crippen LogP contribution in [0.5, 0.6) is 5.75 Å². The quantitative estimate of drug-likeness (QED) is 0.596. The van der Waals surface area contributed by atoms with E-state index in [0.717, 1.165) is 0 Å². The molecule has 0 bridgehead atoms. The van der Waals surface area contributed by atoms with Gasteiger partial charge in [-0.1, -0.05) is 25.1 Å². The summed E-state index contributed by atoms with van der Waals surface area (Å²) in [6.07, 6.45) is 0.682. The molecule has 0 amide bonds. The van der Waals surface area contributed by atoms with Crippen molar-refractivity contribution in [3.8, 4) is 5.75 Å². The van der Waals surface area contributed by atoms with Crippen molar-refractivity contribution in [2.75, 3.05) is 6.61 Å². The summed E-state index contributed by atoms with van der Waals surface area (Å²) < 4.78 is 0. The summed E-state index contributed by atoms with van der Waals surface area (Å²) in [5.74, 6) is 0.322. The molecule has 0 saturated heterocycles. The third-order valence-corrected chi connectivity index (χ3v) is 1.16. The highest BCUT2D eigenvalue weighted by molar-refractivity contribution is 5.18. The van der Waals surface area contributed by atoms with Crippen LogP contribution in [0.4, 0.5) is 0 Å². The Kier molecular flexibility index (Phi) is 6.85. The largest absolute Gasteiger partial charge is 0.508 e. The van der Waals surface area contributed by atoms with E-state index >= 15 is 0 Å². The molecule has 0 spiro atoms. The molecule has 0 aliphatic rings. The number of hydrogen-bond acceptors (Lipinski definition) is 4. The highest BCUT2D eigenvalue weighted by Gasteiger charge is 1.87. The van der Waals surface area contributed by atoms with Gasteiger partial charge >= 0.3 is 0 Å². The molecule has 5 nitrogen and oxygen atoms in total. The lowest BCUT2D eigenvalue weighted by atomic mass is 10.3. The van der Waals surface area contributed by atoms with Crippen molar-refractivity contribution in [3.63, 3.8) is 0 Å². The van der Waals surface area contributed by atoms with E-state index in [9.17, 15) is 10.1 Å². The average molecular weight is 199 g/mol. The van der Waals surface area contributed by atoms with Gasteiger partial charge in [-0.2, -0.15) is 0 Å². The van der Waals surface area contributed by atoms with Crippen LogP contribution in [0.25, 0.3) is 0 Å². The molecule has 0 fully saturated rings. The van der Waals surface area contributed by atoms with E-state index in [1.807, 2.05) is 13.0 Å². The maximum atomic E-state index is 9.34. The van der Waals surface area contributed by atoms with Gasteiger partial charge in [-0.3, -0.25) is 0 Å². The second-order valence-electron chi connectivity index (χ2n) is 2.39. The number of rotatable bonds is 3. The molecular weight excluding hydrogens is 186 g/mol. The third kappa shape index (κ3) is 8.32. The number of aromatic hydroxyl groups is 1. The third-order valence-electron chi connectivity index (χ3n) is 1.16. The monoisotopic (exact) mass is 199 g/mol. The fourth-order valence-corrected chi connectivity index (χ4v) is 0.594. The van der Waals surface area contributed by atoms with Crippen LogP contribution in [0, 0.1) is 10.1 Å². The molecule has 0 aliphatic heterocycles. The topological polar surface area (TPSA) is 72.6 Å². The maximum Gasteiger partial charge on any atom is 0.294 e. The molecule has 1 aromatic carbocycles. The van der Waals surface area contributed by atoms with Gasteiger partial charge in [-0.15, -0.1) is 10.1 Å². The summed E-state index contributed by atoms with van der Waals surface area (Å²) in [6, 6.07) is 8.71. The van der Waals surface area contributed by atoms with Crippen molar-refractivity contribution in [2.24, 2.45) is 0 Å². The summed E-state index contributed by atoms with van der Waals surface area (Å²) in [5.41, 5.74) is 0. The molecule has 14 heavy (non-hydrogen) atoms. The van der Waals surface area contributed by atoms with Crippen LogP contribution >= 0.6 is 0 Å². The molecule has 78 valence electrons. The van der Waals surface area contributed by atoms with Crippen LogP contribution in [-0.4, -0.2) is 16.8 Å². The van der Waals surface area contributed by atoms with E-state index in [4.69, 9.17) is 5.11 Å². The van der Waals surface area contributed by atoms with Crippen molar-refractivity contribution < 1.29 is 15.0 Å². The van der Waals surface area contributed by atoms with Crippen LogP contribution in [0.15, 0.2) is 30.3 Å². The summed E-state index contributed by atoms with van der Waals surface area (Å²) in [4.78, 5) is 13.3. The van der Waals surface area contributed by atoms with E-state index in [0.29, 0.717) is 12.2 Å². The van der Waals surface area contributed by atoms with Crippen molar-refractivity contribution in [3.05, 3.63) is 40.4 Å². The highest BCUT2D eigenvalue weighted by Crippen LogP contribution is 2.02. The molecule has 0 aliphatic carbocycles. The molecule has 0 saturated carbocycles. The van der Waals surface area contributed by atoms with Gasteiger partial charge in [0.2, 0.25) is 0 Å². The Balaban J connectivity index is 0.000000241. The second kappa shape index (κ2) is 7.85. The second-order valence-corrected chi connectivity index (χ2v) is 2.39. The van der Waals surface area contributed by atoms with Gasteiger partial charge < -0.3 is 9.94 Å². The number of nitrogens with zero attached hydrogens (tertiary/aromatic N) is 1. The van der Waals surface area contributed by atoms with Crippen LogP contribution < -0.4 is 0 Å². The lowest BCUT2D eigenvalue weighted by Crippen LogP contribution is -1.99. The van der Waals surface area contributed by atoms with Crippen molar-refractivity contribution in [2.45, 2.75) is 13.3 Å². The van der Waals surface area contributed by atoms with Crippen LogP contribution in [-0.2, 0) is 4.84 Å². The molecule has 0 radical (unpaired) electrons. The maximum absolute atomic E-state index is 9.34. The summed E-state index contributed by atoms with van der Waals surface area (Å²) in [6.45, 7) is 2.01. The van der Waals surface area contributed by atoms with Gasteiger partial charge in [0.1, 0.15) is 5.75 Å². The van der Waals surface area contributed by atoms with Gasteiger partial charge in [0.15, 0.2) is 0 Å². The van der Waals surface area contributed by atoms with E-state index in [-0.39, 0.29) is 6.61 Å². The summed E-state index contributed by atoms with van der Waals surface area (Å²) in [5, 5.41) is 17.2. The Labute approximate surface area is 82.0 Å². The lowest BCUT2D eigenvalue weighted by Gasteiger charge is -1.88. The normalized spacial score (nSPS) is 8.36. The van der Waals surface area contributed by atoms with Crippen LogP contribution in [0.2, 0.25) is 0 Å². The number of benzene rings is 1. The Hall–Kier alpha value is -1.78. The standard InChI is InChI=1S/C6H6O.C3H7NO3/c7-6-4-2-1-3-5-6;1-2-3-7-4(5)6/h1-5,7H;2-3H2,1H3. The van der Waals surface area contributed by atoms with Gasteiger partial charge in [-0.05, 0) is 18.6 Å². The zero-order chi connectivity index (χ0) is 10.8. The Morgan fingerprint density at radius 2 is 2.00 bits per heavy atom. The highest BCUT2D eigenvalue weighted by atomic mass is 16.9. The first kappa shape index (κ1) is 12.2. The molecule has 5 heteroatoms. The smallest absolute Gasteiger partial charge is 0.294 e. The minimum absolute atomic E-state index is 0.201. The van der Waals surface area contributed by atoms with E-state index in [1.54, 1.807) is 24.3 Å². The Bertz CT molecular complexity index is 250. The zero-order valence-electron chi connectivity index (χ0n) is 7.92. The number of hydrogen-bond donors (Lipinski definition) is 1. The first-order valence-electron chi connectivity index (χ1n) is 4.18. The molecule has 0 heterocycles. The zero-order valence-corrected chi connectivity index (χ0v) is 7.92. The van der Waals surface area contributed by atoms with Crippen LogP contribution in [0.1, 0.15) is 13.3 Å². The minimum atomic E-state index is -0.788. The summed E-state index contributed by atoms with van der Waals surface area (Å²) >= 11 is 0. The molecule has 1 rings (SSSR count). The predicted molar refractivity (Wildman–Crippen MR) is 51.3 cm³/mol. The molecule has 0 atom stereocenters. The molecular formula is C9H13NO4.